The van der Waals surface area contributed by atoms with Gasteiger partial charge in [0.25, 0.3) is 0 Å². The molecule has 2 saturated heterocycles. The second kappa shape index (κ2) is 3.80. The highest BCUT2D eigenvalue weighted by atomic mass is 16.5. The van der Waals surface area contributed by atoms with Gasteiger partial charge in [-0.05, 0) is 43.9 Å². The van der Waals surface area contributed by atoms with Gasteiger partial charge >= 0.3 is 0 Å². The quantitative estimate of drug-likeness (QED) is 0.691. The summed E-state index contributed by atoms with van der Waals surface area (Å²) in [4.78, 5) is 26.4. The van der Waals surface area contributed by atoms with Crippen molar-refractivity contribution in [3.05, 3.63) is 0 Å². The summed E-state index contributed by atoms with van der Waals surface area (Å²) in [6, 6.07) is 0. The summed E-state index contributed by atoms with van der Waals surface area (Å²) < 4.78 is 5.56. The van der Waals surface area contributed by atoms with E-state index in [1.165, 1.54) is 4.90 Å². The molecular formula is C14H19NO3. The predicted molar refractivity (Wildman–Crippen MR) is 63.5 cm³/mol. The molecule has 0 unspecified atom stereocenters. The van der Waals surface area contributed by atoms with Crippen molar-refractivity contribution >= 4 is 11.8 Å². The largest absolute Gasteiger partial charge is 0.376 e. The van der Waals surface area contributed by atoms with Gasteiger partial charge in [0.2, 0.25) is 11.8 Å². The van der Waals surface area contributed by atoms with E-state index in [0.717, 1.165) is 38.7 Å². The van der Waals surface area contributed by atoms with Gasteiger partial charge in [-0.25, -0.2) is 0 Å². The van der Waals surface area contributed by atoms with Crippen molar-refractivity contribution in [3.8, 4) is 0 Å². The third-order valence-electron chi connectivity index (χ3n) is 5.43. The molecule has 4 aliphatic rings. The molecule has 0 aromatic heterocycles. The van der Waals surface area contributed by atoms with Crippen molar-refractivity contribution in [2.75, 3.05) is 13.2 Å². The number of fused-ring (bicyclic) bond motifs is 5. The molecule has 0 N–H and O–H groups in total. The molecule has 0 aromatic rings. The lowest BCUT2D eigenvalue weighted by atomic mass is 9.81. The summed E-state index contributed by atoms with van der Waals surface area (Å²) in [6.07, 6.45) is 5.55. The number of imide groups is 1. The van der Waals surface area contributed by atoms with Crippen molar-refractivity contribution in [1.29, 1.82) is 0 Å². The molecule has 98 valence electrons. The Morgan fingerprint density at radius 3 is 2.28 bits per heavy atom. The Balaban J connectivity index is 1.55. The molecule has 4 rings (SSSR count). The number of nitrogens with zero attached hydrogens (tertiary/aromatic N) is 1. The highest BCUT2D eigenvalue weighted by Crippen LogP contribution is 2.56. The monoisotopic (exact) mass is 249 g/mol. The molecular weight excluding hydrogens is 230 g/mol. The fourth-order valence-corrected chi connectivity index (χ4v) is 4.64. The minimum Gasteiger partial charge on any atom is -0.376 e. The maximum absolute atomic E-state index is 12.4. The van der Waals surface area contributed by atoms with Crippen LogP contribution in [0.25, 0.3) is 0 Å². The fraction of sp³-hybridized carbons (Fsp3) is 0.857. The van der Waals surface area contributed by atoms with Crippen LogP contribution in [0.4, 0.5) is 0 Å². The van der Waals surface area contributed by atoms with Gasteiger partial charge in [-0.2, -0.15) is 0 Å². The van der Waals surface area contributed by atoms with Gasteiger partial charge in [0.1, 0.15) is 0 Å². The summed E-state index contributed by atoms with van der Waals surface area (Å²) >= 11 is 0. The molecule has 0 aromatic carbocycles. The van der Waals surface area contributed by atoms with E-state index in [0.29, 0.717) is 18.4 Å². The SMILES string of the molecule is O=C1[C@@H]2[C@H]3CC[C@@H](C3)[C@H]2C(=O)N1C[C@H]1CCCO1. The first kappa shape index (κ1) is 11.0. The van der Waals surface area contributed by atoms with Crippen LogP contribution >= 0.6 is 0 Å². The summed E-state index contributed by atoms with van der Waals surface area (Å²) in [5.74, 6) is 1.24. The number of rotatable bonds is 2. The Hall–Kier alpha value is -0.900. The van der Waals surface area contributed by atoms with E-state index in [9.17, 15) is 9.59 Å². The topological polar surface area (TPSA) is 46.6 Å². The van der Waals surface area contributed by atoms with Crippen molar-refractivity contribution in [3.63, 3.8) is 0 Å². The van der Waals surface area contributed by atoms with Crippen LogP contribution in [0.15, 0.2) is 0 Å². The van der Waals surface area contributed by atoms with Gasteiger partial charge < -0.3 is 4.74 Å². The molecule has 18 heavy (non-hydrogen) atoms. The van der Waals surface area contributed by atoms with E-state index in [-0.39, 0.29) is 29.8 Å². The Labute approximate surface area is 107 Å². The van der Waals surface area contributed by atoms with E-state index in [2.05, 4.69) is 0 Å². The minimum absolute atomic E-state index is 0.0256. The van der Waals surface area contributed by atoms with E-state index in [4.69, 9.17) is 4.74 Å². The van der Waals surface area contributed by atoms with Crippen LogP contribution in [-0.2, 0) is 14.3 Å². The molecule has 0 spiro atoms. The van der Waals surface area contributed by atoms with Gasteiger partial charge in [-0.15, -0.1) is 0 Å². The molecule has 4 nitrogen and oxygen atoms in total. The molecule has 2 bridgehead atoms. The predicted octanol–water partition coefficient (Wildman–Crippen LogP) is 1.20. The smallest absolute Gasteiger partial charge is 0.233 e. The Kier molecular flexibility index (Phi) is 2.31. The average Bonchev–Trinajstić information content (AvgIpc) is 3.10. The maximum Gasteiger partial charge on any atom is 0.233 e. The van der Waals surface area contributed by atoms with Crippen LogP contribution in [-0.4, -0.2) is 36.0 Å². The summed E-state index contributed by atoms with van der Waals surface area (Å²) in [5.41, 5.74) is 0. The summed E-state index contributed by atoms with van der Waals surface area (Å²) in [5, 5.41) is 0. The van der Waals surface area contributed by atoms with E-state index >= 15 is 0 Å². The second-order valence-corrected chi connectivity index (χ2v) is 6.31. The first-order valence-corrected chi connectivity index (χ1v) is 7.22. The number of likely N-dealkylation sites (tertiary alicyclic amines) is 1. The molecule has 2 aliphatic carbocycles. The second-order valence-electron chi connectivity index (χ2n) is 6.31. The maximum atomic E-state index is 12.4. The van der Waals surface area contributed by atoms with Crippen LogP contribution < -0.4 is 0 Å². The highest BCUT2D eigenvalue weighted by Gasteiger charge is 2.60. The molecule has 2 heterocycles. The first-order chi connectivity index (χ1) is 8.75. The van der Waals surface area contributed by atoms with Crippen LogP contribution in [0.5, 0.6) is 0 Å². The van der Waals surface area contributed by atoms with Crippen molar-refractivity contribution in [2.45, 2.75) is 38.2 Å². The van der Waals surface area contributed by atoms with Crippen molar-refractivity contribution in [2.24, 2.45) is 23.7 Å². The zero-order chi connectivity index (χ0) is 12.3. The van der Waals surface area contributed by atoms with Crippen LogP contribution in [0.3, 0.4) is 0 Å². The van der Waals surface area contributed by atoms with E-state index in [1.54, 1.807) is 0 Å². The number of carbonyl (C=O) groups is 2. The zero-order valence-corrected chi connectivity index (χ0v) is 10.5. The molecule has 0 radical (unpaired) electrons. The lowest BCUT2D eigenvalue weighted by molar-refractivity contribution is -0.142. The molecule has 2 saturated carbocycles. The van der Waals surface area contributed by atoms with Gasteiger partial charge in [0.15, 0.2) is 0 Å². The van der Waals surface area contributed by atoms with Crippen LogP contribution in [0.1, 0.15) is 32.1 Å². The Bertz CT molecular complexity index is 374. The van der Waals surface area contributed by atoms with Gasteiger partial charge in [-0.1, -0.05) is 0 Å². The average molecular weight is 249 g/mol. The molecule has 4 heteroatoms. The number of hydrogen-bond acceptors (Lipinski definition) is 3. The molecule has 4 fully saturated rings. The van der Waals surface area contributed by atoms with E-state index < -0.39 is 0 Å². The van der Waals surface area contributed by atoms with Crippen LogP contribution in [0.2, 0.25) is 0 Å². The molecule has 2 aliphatic heterocycles. The zero-order valence-electron chi connectivity index (χ0n) is 10.5. The van der Waals surface area contributed by atoms with E-state index in [1.807, 2.05) is 0 Å². The van der Waals surface area contributed by atoms with Crippen LogP contribution in [0, 0.1) is 23.7 Å². The highest BCUT2D eigenvalue weighted by molar-refractivity contribution is 6.06. The standard InChI is InChI=1S/C14H19NO3/c16-13-11-8-3-4-9(6-8)12(11)14(17)15(13)7-10-2-1-5-18-10/h8-12H,1-7H2/t8-,9-,10+,11+,12+/m0/s1. The summed E-state index contributed by atoms with van der Waals surface area (Å²) in [7, 11) is 0. The lowest BCUT2D eigenvalue weighted by Gasteiger charge is -2.20. The third kappa shape index (κ3) is 1.35. The molecule has 2 amide bonds. The number of amides is 2. The lowest BCUT2D eigenvalue weighted by Crippen LogP contribution is -2.38. The number of hydrogen-bond donors (Lipinski definition) is 0. The third-order valence-corrected chi connectivity index (χ3v) is 5.43. The van der Waals surface area contributed by atoms with Gasteiger partial charge in [0, 0.05) is 6.61 Å². The van der Waals surface area contributed by atoms with Crippen molar-refractivity contribution < 1.29 is 14.3 Å². The van der Waals surface area contributed by atoms with Gasteiger partial charge in [-0.3, -0.25) is 14.5 Å². The minimum atomic E-state index is 0.0256. The number of carbonyl (C=O) groups excluding carboxylic acids is 2. The summed E-state index contributed by atoms with van der Waals surface area (Å²) in [6.45, 7) is 1.28. The number of ether oxygens (including phenoxy) is 1. The fourth-order valence-electron chi connectivity index (χ4n) is 4.64. The Morgan fingerprint density at radius 1 is 1.06 bits per heavy atom. The Morgan fingerprint density at radius 2 is 1.72 bits per heavy atom. The van der Waals surface area contributed by atoms with Crippen molar-refractivity contribution in [1.82, 2.24) is 4.90 Å². The first-order valence-electron chi connectivity index (χ1n) is 7.22. The van der Waals surface area contributed by atoms with Gasteiger partial charge in [0.05, 0.1) is 24.5 Å². The molecule has 5 atom stereocenters. The normalized spacial score (nSPS) is 46.2.